The molecule has 0 fully saturated rings. The van der Waals surface area contributed by atoms with Gasteiger partial charge in [-0.2, -0.15) is 0 Å². The van der Waals surface area contributed by atoms with Crippen molar-refractivity contribution in [3.05, 3.63) is 388 Å². The lowest BCUT2D eigenvalue weighted by Crippen LogP contribution is -2.30. The van der Waals surface area contributed by atoms with E-state index >= 15 is 0 Å². The van der Waals surface area contributed by atoms with Gasteiger partial charge in [-0.25, -0.2) is 0 Å². The second-order valence-electron chi connectivity index (χ2n) is 27.5. The van der Waals surface area contributed by atoms with Crippen LogP contribution >= 0.6 is 0 Å². The molecule has 0 bridgehead atoms. The topological polar surface area (TPSA) is 13.0 Å². The highest BCUT2D eigenvalue weighted by Crippen LogP contribution is 2.57. The zero-order valence-corrected chi connectivity index (χ0v) is 58.2. The molecule has 0 N–H and O–H groups in total. The van der Waals surface area contributed by atoms with E-state index in [1.54, 1.807) is 0 Å². The number of benzene rings is 14. The van der Waals surface area contributed by atoms with Gasteiger partial charge in [0.05, 0.1) is 23.1 Å². The lowest BCUT2D eigenvalue weighted by Gasteiger charge is -2.42. The smallest absolute Gasteiger partial charge is 0.0805 e. The molecule has 2 aliphatic rings. The molecule has 4 nitrogen and oxygen atoms in total. The molecule has 0 saturated carbocycles. The molecule has 0 radical (unpaired) electrons. The number of allylic oxidation sites excluding steroid dienone is 2. The molecule has 0 heterocycles. The van der Waals surface area contributed by atoms with Gasteiger partial charge in [0.2, 0.25) is 0 Å². The third-order valence-electron chi connectivity index (χ3n) is 20.3. The van der Waals surface area contributed by atoms with Crippen molar-refractivity contribution in [3.8, 4) is 44.5 Å². The Bertz CT molecular complexity index is 5360. The first-order valence-corrected chi connectivity index (χ1v) is 35.0. The molecule has 0 spiro atoms. The first kappa shape index (κ1) is 62.8. The number of aryl methyl sites for hydroxylation is 8. The Labute approximate surface area is 590 Å². The predicted octanol–water partition coefficient (Wildman–Crippen LogP) is 26.5. The molecular weight excluding hydrogens is 1210 g/mol. The molecule has 14 aromatic rings. The maximum Gasteiger partial charge on any atom is 0.0805 e. The molecule has 0 amide bonds. The summed E-state index contributed by atoms with van der Waals surface area (Å²) < 4.78 is 0. The molecule has 14 aromatic carbocycles. The predicted molar refractivity (Wildman–Crippen MR) is 426 cm³/mol. The summed E-state index contributed by atoms with van der Waals surface area (Å²) in [6.07, 6.45) is 5.78. The molecule has 1 unspecified atom stereocenters. The monoisotopic (exact) mass is 1290 g/mol. The van der Waals surface area contributed by atoms with Crippen LogP contribution in [0.25, 0.3) is 60.9 Å². The zero-order chi connectivity index (χ0) is 68.1. The fraction of sp³-hybridized carbons (Fsp3) is 0.104. The van der Waals surface area contributed by atoms with Crippen molar-refractivity contribution in [2.24, 2.45) is 0 Å². The van der Waals surface area contributed by atoms with Gasteiger partial charge in [0, 0.05) is 56.5 Å². The summed E-state index contributed by atoms with van der Waals surface area (Å²) in [7, 11) is 0. The lowest BCUT2D eigenvalue weighted by atomic mass is 9.76. The number of nitrogens with zero attached hydrogens (tertiary/aromatic N) is 4. The summed E-state index contributed by atoms with van der Waals surface area (Å²) in [6.45, 7) is 17.3. The van der Waals surface area contributed by atoms with Crippen molar-refractivity contribution in [2.45, 2.75) is 67.9 Å². The molecule has 0 aromatic heterocycles. The Kier molecular flexibility index (Phi) is 16.6. The van der Waals surface area contributed by atoms with E-state index in [1.165, 1.54) is 122 Å². The van der Waals surface area contributed by atoms with Gasteiger partial charge < -0.3 is 19.6 Å². The van der Waals surface area contributed by atoms with Gasteiger partial charge in [0.15, 0.2) is 0 Å². The van der Waals surface area contributed by atoms with Crippen LogP contribution in [0.4, 0.5) is 56.9 Å². The van der Waals surface area contributed by atoms with E-state index in [-0.39, 0.29) is 6.04 Å². The molecule has 4 heteroatoms. The van der Waals surface area contributed by atoms with Crippen LogP contribution in [0.3, 0.4) is 0 Å². The van der Waals surface area contributed by atoms with Crippen LogP contribution in [0.5, 0.6) is 0 Å². The minimum atomic E-state index is -0.317. The van der Waals surface area contributed by atoms with E-state index in [0.717, 1.165) is 62.6 Å². The van der Waals surface area contributed by atoms with Crippen LogP contribution in [-0.4, -0.2) is 0 Å². The Morgan fingerprint density at radius 1 is 0.260 bits per heavy atom. The normalized spacial score (nSPS) is 13.0. The maximum absolute atomic E-state index is 2.59. The highest BCUT2D eigenvalue weighted by molar-refractivity contribution is 6.14. The molecule has 16 rings (SSSR count). The third kappa shape index (κ3) is 12.2. The van der Waals surface area contributed by atoms with Gasteiger partial charge in [-0.3, -0.25) is 0 Å². The van der Waals surface area contributed by atoms with E-state index in [0.29, 0.717) is 6.42 Å². The summed E-state index contributed by atoms with van der Waals surface area (Å²) in [4.78, 5) is 10.2. The minimum Gasteiger partial charge on any atom is -0.330 e. The second-order valence-corrected chi connectivity index (χ2v) is 27.5. The highest BCUT2D eigenvalue weighted by Gasteiger charge is 2.38. The Balaban J connectivity index is 0.998. The van der Waals surface area contributed by atoms with Gasteiger partial charge in [-0.05, 0) is 238 Å². The van der Waals surface area contributed by atoms with Crippen LogP contribution < -0.4 is 19.6 Å². The van der Waals surface area contributed by atoms with E-state index < -0.39 is 0 Å². The zero-order valence-electron chi connectivity index (χ0n) is 58.2. The second kappa shape index (κ2) is 26.5. The van der Waals surface area contributed by atoms with E-state index in [2.05, 4.69) is 397 Å². The van der Waals surface area contributed by atoms with Gasteiger partial charge in [0.1, 0.15) is 0 Å². The molecule has 0 saturated heterocycles. The summed E-state index contributed by atoms with van der Waals surface area (Å²) in [5, 5.41) is 2.40. The summed E-state index contributed by atoms with van der Waals surface area (Å²) in [5.41, 5.74) is 36.1. The Hall–Kier alpha value is -12.0. The molecule has 0 aliphatic heterocycles. The van der Waals surface area contributed by atoms with Crippen LogP contribution in [0.15, 0.2) is 327 Å². The molecular formula is C96H80N4. The third-order valence-corrected chi connectivity index (χ3v) is 20.3. The maximum atomic E-state index is 2.59. The lowest BCUT2D eigenvalue weighted by molar-refractivity contribution is 0.831. The average molecular weight is 1290 g/mol. The molecule has 484 valence electrons. The van der Waals surface area contributed by atoms with Gasteiger partial charge >= 0.3 is 0 Å². The first-order valence-electron chi connectivity index (χ1n) is 35.0. The summed E-state index contributed by atoms with van der Waals surface area (Å²) in [5.74, 6) is 0. The van der Waals surface area contributed by atoms with Gasteiger partial charge in [-0.1, -0.05) is 257 Å². The van der Waals surface area contributed by atoms with Crippen molar-refractivity contribution in [1.82, 2.24) is 0 Å². The SMILES string of the molecule is Cc1ccc(-c2ccc(N(C3=CC(N(c4ccc(C)cc4)c4ccc(-c5ccc(C)cc5)cc4)c4ccc5c(N(c6ccc(C)cc6)c6ccc(-c7ccc(C)cc7)cc6)cc(N(c6ccc(C)cc6)c6ccc(-c7ccc(C)cc7)cc6)c6c5c4C3=CC6)c3ccc(C)cc3)cc2)cc1. The van der Waals surface area contributed by atoms with Crippen LogP contribution in [0.1, 0.15) is 67.2 Å². The fourth-order valence-electron chi connectivity index (χ4n) is 14.7. The van der Waals surface area contributed by atoms with Crippen molar-refractivity contribution in [3.63, 3.8) is 0 Å². The Morgan fingerprint density at radius 2 is 0.520 bits per heavy atom. The number of hydrogen-bond acceptors (Lipinski definition) is 4. The molecule has 100 heavy (non-hydrogen) atoms. The Morgan fingerprint density at radius 3 is 0.850 bits per heavy atom. The standard InChI is InChI=1S/C96H80N4/c1-63-9-25-71(26-10-63)75-33-49-83(50-34-75)97(79-41-17-67(5)18-42-79)91-61-92(98(80-43-19-68(6)20-44-80)84-51-35-76(36-52-84)72-27-11-64(2)12-28-72)88-59-60-90-94(100(82-47-23-70(8)24-48-82)86-55-39-78(40-56-86)74-31-15-66(4)16-32-74)62-93(89-58-57-87(91)95(88)96(89)90)99(81-45-21-69(7)22-46-81)85-53-37-77(38-54-85)73-29-13-65(3)14-30-73/h9-59,61-62,91H,60H2,1-8H3. The molecule has 1 atom stereocenters. The van der Waals surface area contributed by atoms with Crippen molar-refractivity contribution in [2.75, 3.05) is 19.6 Å². The summed E-state index contributed by atoms with van der Waals surface area (Å²) >= 11 is 0. The quantitative estimate of drug-likeness (QED) is 0.0956. The van der Waals surface area contributed by atoms with Crippen LogP contribution in [-0.2, 0) is 6.42 Å². The largest absolute Gasteiger partial charge is 0.330 e. The van der Waals surface area contributed by atoms with Crippen molar-refractivity contribution >= 4 is 73.2 Å². The van der Waals surface area contributed by atoms with Crippen LogP contribution in [0.2, 0.25) is 0 Å². The van der Waals surface area contributed by atoms with E-state index in [9.17, 15) is 0 Å². The van der Waals surface area contributed by atoms with Crippen LogP contribution in [0, 0.1) is 55.4 Å². The van der Waals surface area contributed by atoms with Gasteiger partial charge in [-0.15, -0.1) is 0 Å². The highest BCUT2D eigenvalue weighted by atomic mass is 15.2. The number of anilines is 10. The van der Waals surface area contributed by atoms with E-state index in [4.69, 9.17) is 0 Å². The van der Waals surface area contributed by atoms with Crippen molar-refractivity contribution in [1.29, 1.82) is 0 Å². The van der Waals surface area contributed by atoms with Gasteiger partial charge in [0.25, 0.3) is 0 Å². The number of rotatable bonds is 16. The molecule has 2 aliphatic carbocycles. The van der Waals surface area contributed by atoms with E-state index in [1.807, 2.05) is 0 Å². The first-order chi connectivity index (χ1) is 48.8. The minimum absolute atomic E-state index is 0.317. The summed E-state index contributed by atoms with van der Waals surface area (Å²) in [6, 6.07) is 116. The van der Waals surface area contributed by atoms with Crippen molar-refractivity contribution < 1.29 is 0 Å². The number of hydrogen-bond donors (Lipinski definition) is 0. The average Bonchev–Trinajstić information content (AvgIpc) is 0.702. The fourth-order valence-corrected chi connectivity index (χ4v) is 14.7.